The molecule has 7 nitrogen and oxygen atoms in total. The standard InChI is InChI=1S/C26H28N4O3S/c1-15(31)33-21-18(25(2,3)4)11-16(12-19(21)26(5,6)7)13-20-23(32)30-24(34-20)28-22(29-30)17-9-8-10-27-14-17/h8-14H,1-7H3/b20-13-. The third kappa shape index (κ3) is 4.63. The van der Waals surface area contributed by atoms with Crippen molar-refractivity contribution in [3.63, 3.8) is 0 Å². The minimum absolute atomic E-state index is 0.221. The first-order chi connectivity index (χ1) is 15.8. The first kappa shape index (κ1) is 23.8. The molecule has 34 heavy (non-hydrogen) atoms. The van der Waals surface area contributed by atoms with Crippen molar-refractivity contribution in [3.05, 3.63) is 68.2 Å². The second kappa shape index (κ2) is 8.43. The molecule has 0 radical (unpaired) electrons. The van der Waals surface area contributed by atoms with E-state index in [-0.39, 0.29) is 22.4 Å². The van der Waals surface area contributed by atoms with Crippen LogP contribution in [0.3, 0.4) is 0 Å². The van der Waals surface area contributed by atoms with Crippen molar-refractivity contribution in [2.24, 2.45) is 0 Å². The molecule has 1 aromatic carbocycles. The summed E-state index contributed by atoms with van der Waals surface area (Å²) in [5.74, 6) is 0.707. The lowest BCUT2D eigenvalue weighted by Gasteiger charge is -2.29. The molecule has 0 saturated carbocycles. The minimum atomic E-state index is -0.357. The van der Waals surface area contributed by atoms with Crippen LogP contribution in [0.5, 0.6) is 5.75 Å². The zero-order valence-electron chi connectivity index (χ0n) is 20.5. The van der Waals surface area contributed by atoms with Gasteiger partial charge in [-0.1, -0.05) is 52.9 Å². The van der Waals surface area contributed by atoms with Crippen LogP contribution in [0.2, 0.25) is 0 Å². The summed E-state index contributed by atoms with van der Waals surface area (Å²) in [6, 6.07) is 7.64. The second-order valence-electron chi connectivity index (χ2n) is 10.3. The summed E-state index contributed by atoms with van der Waals surface area (Å²) in [6.45, 7) is 13.9. The third-order valence-corrected chi connectivity index (χ3v) is 6.33. The molecule has 176 valence electrons. The summed E-state index contributed by atoms with van der Waals surface area (Å²) in [5, 5.41) is 4.39. The summed E-state index contributed by atoms with van der Waals surface area (Å²) >= 11 is 1.29. The molecule has 0 fully saturated rings. The summed E-state index contributed by atoms with van der Waals surface area (Å²) in [5.41, 5.74) is 2.66. The fourth-order valence-electron chi connectivity index (χ4n) is 3.70. The largest absolute Gasteiger partial charge is 0.426 e. The monoisotopic (exact) mass is 476 g/mol. The topological polar surface area (TPSA) is 86.4 Å². The number of ether oxygens (including phenoxy) is 1. The minimum Gasteiger partial charge on any atom is -0.426 e. The Balaban J connectivity index is 1.90. The molecule has 0 saturated heterocycles. The first-order valence-corrected chi connectivity index (χ1v) is 11.9. The number of nitrogens with zero attached hydrogens (tertiary/aromatic N) is 4. The summed E-state index contributed by atoms with van der Waals surface area (Å²) in [6.07, 6.45) is 5.21. The molecule has 3 heterocycles. The highest BCUT2D eigenvalue weighted by atomic mass is 32.1. The van der Waals surface area contributed by atoms with Gasteiger partial charge in [-0.15, -0.1) is 5.10 Å². The molecule has 3 aromatic heterocycles. The van der Waals surface area contributed by atoms with Crippen molar-refractivity contribution in [1.82, 2.24) is 19.6 Å². The van der Waals surface area contributed by atoms with Gasteiger partial charge in [0.05, 0.1) is 4.53 Å². The lowest BCUT2D eigenvalue weighted by molar-refractivity contribution is -0.132. The Morgan fingerprint density at radius 2 is 1.74 bits per heavy atom. The summed E-state index contributed by atoms with van der Waals surface area (Å²) in [4.78, 5) is 34.1. The van der Waals surface area contributed by atoms with Crippen LogP contribution in [0.15, 0.2) is 41.5 Å². The highest BCUT2D eigenvalue weighted by Crippen LogP contribution is 2.41. The molecule has 8 heteroatoms. The second-order valence-corrected chi connectivity index (χ2v) is 11.3. The molecule has 4 aromatic rings. The predicted molar refractivity (Wildman–Crippen MR) is 134 cm³/mol. The van der Waals surface area contributed by atoms with Gasteiger partial charge in [-0.05, 0) is 46.7 Å². The van der Waals surface area contributed by atoms with Gasteiger partial charge >= 0.3 is 5.97 Å². The third-order valence-electron chi connectivity index (χ3n) is 5.37. The van der Waals surface area contributed by atoms with Gasteiger partial charge in [0.1, 0.15) is 5.75 Å². The summed E-state index contributed by atoms with van der Waals surface area (Å²) in [7, 11) is 0. The maximum Gasteiger partial charge on any atom is 0.308 e. The Labute approximate surface area is 202 Å². The number of pyridine rings is 1. The van der Waals surface area contributed by atoms with E-state index in [0.717, 1.165) is 22.3 Å². The van der Waals surface area contributed by atoms with Gasteiger partial charge in [0.15, 0.2) is 5.82 Å². The van der Waals surface area contributed by atoms with Crippen LogP contribution in [-0.4, -0.2) is 25.6 Å². The van der Waals surface area contributed by atoms with E-state index >= 15 is 0 Å². The zero-order valence-corrected chi connectivity index (χ0v) is 21.3. The number of hydrogen-bond acceptors (Lipinski definition) is 7. The maximum absolute atomic E-state index is 13.1. The highest BCUT2D eigenvalue weighted by molar-refractivity contribution is 7.15. The van der Waals surface area contributed by atoms with Crippen molar-refractivity contribution in [2.75, 3.05) is 0 Å². The molecule has 0 N–H and O–H groups in total. The van der Waals surface area contributed by atoms with Crippen LogP contribution in [0.4, 0.5) is 0 Å². The fourth-order valence-corrected chi connectivity index (χ4v) is 4.61. The molecule has 4 rings (SSSR count). The number of carbonyl (C=O) groups is 1. The van der Waals surface area contributed by atoms with E-state index in [4.69, 9.17) is 4.74 Å². The van der Waals surface area contributed by atoms with Crippen LogP contribution in [0.1, 0.15) is 65.2 Å². The van der Waals surface area contributed by atoms with E-state index < -0.39 is 0 Å². The number of fused-ring (bicyclic) bond motifs is 1. The Hall–Kier alpha value is -3.39. The molecular weight excluding hydrogens is 448 g/mol. The van der Waals surface area contributed by atoms with Gasteiger partial charge in [-0.25, -0.2) is 0 Å². The van der Waals surface area contributed by atoms with E-state index in [9.17, 15) is 9.59 Å². The molecule has 0 aliphatic heterocycles. The van der Waals surface area contributed by atoms with Crippen molar-refractivity contribution >= 4 is 28.3 Å². The maximum atomic E-state index is 13.1. The lowest BCUT2D eigenvalue weighted by atomic mass is 9.78. The van der Waals surface area contributed by atoms with Crippen molar-refractivity contribution < 1.29 is 9.53 Å². The van der Waals surface area contributed by atoms with E-state index in [1.807, 2.05) is 24.3 Å². The zero-order chi connectivity index (χ0) is 24.8. The van der Waals surface area contributed by atoms with Crippen LogP contribution in [-0.2, 0) is 15.6 Å². The van der Waals surface area contributed by atoms with E-state index in [0.29, 0.717) is 21.1 Å². The number of aromatic nitrogens is 4. The number of hydrogen-bond donors (Lipinski definition) is 0. The van der Waals surface area contributed by atoms with Crippen molar-refractivity contribution in [1.29, 1.82) is 0 Å². The van der Waals surface area contributed by atoms with Gasteiger partial charge in [-0.2, -0.15) is 9.50 Å². The SMILES string of the molecule is CC(=O)Oc1c(C(C)(C)C)cc(/C=c2\sc3nc(-c4cccnc4)nn3c2=O)cc1C(C)(C)C. The first-order valence-electron chi connectivity index (χ1n) is 11.0. The molecule has 0 atom stereocenters. The predicted octanol–water partition coefficient (Wildman–Crippen LogP) is 4.28. The van der Waals surface area contributed by atoms with Gasteiger partial charge in [0.2, 0.25) is 4.96 Å². The Morgan fingerprint density at radius 1 is 1.09 bits per heavy atom. The fraction of sp³-hybridized carbons (Fsp3) is 0.346. The van der Waals surface area contributed by atoms with Crippen LogP contribution in [0, 0.1) is 0 Å². The average molecular weight is 477 g/mol. The van der Waals surface area contributed by atoms with Crippen molar-refractivity contribution in [3.8, 4) is 17.1 Å². The molecule has 0 unspecified atom stereocenters. The van der Waals surface area contributed by atoms with Gasteiger partial charge in [-0.3, -0.25) is 14.6 Å². The number of thiazole rings is 1. The van der Waals surface area contributed by atoms with Gasteiger partial charge in [0.25, 0.3) is 5.56 Å². The Morgan fingerprint density at radius 3 is 2.24 bits per heavy atom. The molecular formula is C26H28N4O3S. The normalized spacial score (nSPS) is 13.0. The lowest BCUT2D eigenvalue weighted by Crippen LogP contribution is -2.24. The average Bonchev–Trinajstić information content (AvgIpc) is 3.27. The van der Waals surface area contributed by atoms with Crippen LogP contribution < -0.4 is 14.8 Å². The molecule has 0 aliphatic carbocycles. The number of carbonyl (C=O) groups excluding carboxylic acids is 1. The Bertz CT molecular complexity index is 1450. The Kier molecular flexibility index (Phi) is 5.89. The number of esters is 1. The highest BCUT2D eigenvalue weighted by Gasteiger charge is 2.28. The van der Waals surface area contributed by atoms with E-state index in [1.54, 1.807) is 18.5 Å². The quantitative estimate of drug-likeness (QED) is 0.324. The van der Waals surface area contributed by atoms with Crippen LogP contribution >= 0.6 is 11.3 Å². The van der Waals surface area contributed by atoms with Crippen LogP contribution in [0.25, 0.3) is 22.4 Å². The number of rotatable bonds is 3. The van der Waals surface area contributed by atoms with E-state index in [1.165, 1.54) is 22.8 Å². The van der Waals surface area contributed by atoms with Crippen molar-refractivity contribution in [2.45, 2.75) is 59.3 Å². The molecule has 0 bridgehead atoms. The summed E-state index contributed by atoms with van der Waals surface area (Å²) < 4.78 is 7.58. The van der Waals surface area contributed by atoms with Gasteiger partial charge in [0, 0.05) is 36.0 Å². The number of benzene rings is 1. The molecule has 0 spiro atoms. The van der Waals surface area contributed by atoms with Gasteiger partial charge < -0.3 is 4.74 Å². The van der Waals surface area contributed by atoms with E-state index in [2.05, 4.69) is 56.6 Å². The molecule has 0 amide bonds. The molecule has 0 aliphatic rings. The smallest absolute Gasteiger partial charge is 0.308 e.